The van der Waals surface area contributed by atoms with E-state index in [1.165, 1.54) is 0 Å². The van der Waals surface area contributed by atoms with Crippen LogP contribution < -0.4 is 10.1 Å². The van der Waals surface area contributed by atoms with Gasteiger partial charge in [-0.15, -0.1) is 0 Å². The van der Waals surface area contributed by atoms with Crippen molar-refractivity contribution in [1.82, 2.24) is 25.0 Å². The van der Waals surface area contributed by atoms with E-state index in [1.807, 2.05) is 80.8 Å². The van der Waals surface area contributed by atoms with E-state index < -0.39 is 0 Å². The van der Waals surface area contributed by atoms with E-state index >= 15 is 0 Å². The number of carbonyl (C=O) groups excluding carboxylic acids is 1. The van der Waals surface area contributed by atoms with Gasteiger partial charge in [0.15, 0.2) is 0 Å². The number of nitrogens with one attached hydrogen (secondary N) is 1. The quantitative estimate of drug-likeness (QED) is 0.428. The molecule has 4 aromatic rings. The maximum Gasteiger partial charge on any atom is 0.255 e. The smallest absolute Gasteiger partial charge is 0.255 e. The molecule has 33 heavy (non-hydrogen) atoms. The molecule has 0 bridgehead atoms. The summed E-state index contributed by atoms with van der Waals surface area (Å²) in [5.41, 5.74) is 3.71. The first-order valence-corrected chi connectivity index (χ1v) is 10.8. The van der Waals surface area contributed by atoms with Gasteiger partial charge in [-0.1, -0.05) is 30.3 Å². The number of ether oxygens (including phenoxy) is 1. The average molecular weight is 442 g/mol. The first-order chi connectivity index (χ1) is 16.1. The van der Waals surface area contributed by atoms with Crippen molar-refractivity contribution in [3.63, 3.8) is 0 Å². The molecule has 0 saturated carbocycles. The molecule has 0 spiro atoms. The summed E-state index contributed by atoms with van der Waals surface area (Å²) in [6, 6.07) is 21.2. The summed E-state index contributed by atoms with van der Waals surface area (Å²) in [5.74, 6) is 0.589. The molecule has 0 aliphatic heterocycles. The third-order valence-corrected chi connectivity index (χ3v) is 5.07. The highest BCUT2D eigenvalue weighted by Crippen LogP contribution is 2.23. The average Bonchev–Trinajstić information content (AvgIpc) is 3.29. The summed E-state index contributed by atoms with van der Waals surface area (Å²) in [6.07, 6.45) is 5.17. The molecule has 168 valence electrons. The number of amides is 1. The lowest BCUT2D eigenvalue weighted by Crippen LogP contribution is -2.23. The molecule has 7 heteroatoms. The lowest BCUT2D eigenvalue weighted by molar-refractivity contribution is 0.0951. The summed E-state index contributed by atoms with van der Waals surface area (Å²) in [4.78, 5) is 19.4. The van der Waals surface area contributed by atoms with E-state index in [1.54, 1.807) is 23.3 Å². The zero-order chi connectivity index (χ0) is 23.0. The van der Waals surface area contributed by atoms with Gasteiger partial charge < -0.3 is 15.0 Å². The summed E-state index contributed by atoms with van der Waals surface area (Å²) in [6.45, 7) is 1.83. The fourth-order valence-electron chi connectivity index (χ4n) is 3.34. The molecule has 2 heterocycles. The second kappa shape index (κ2) is 10.6. The van der Waals surface area contributed by atoms with Gasteiger partial charge in [-0.2, -0.15) is 5.10 Å². The third kappa shape index (κ3) is 5.84. The molecule has 0 atom stereocenters. The van der Waals surface area contributed by atoms with Gasteiger partial charge >= 0.3 is 0 Å². The Balaban J connectivity index is 1.52. The van der Waals surface area contributed by atoms with Gasteiger partial charge in [-0.05, 0) is 56.1 Å². The Hall–Kier alpha value is -3.97. The van der Waals surface area contributed by atoms with Crippen LogP contribution in [0.2, 0.25) is 0 Å². The van der Waals surface area contributed by atoms with Crippen molar-refractivity contribution in [1.29, 1.82) is 0 Å². The fraction of sp³-hybridized carbons (Fsp3) is 0.192. The van der Waals surface area contributed by atoms with Crippen LogP contribution >= 0.6 is 0 Å². The van der Waals surface area contributed by atoms with Crippen LogP contribution in [0.15, 0.2) is 85.3 Å². The number of hydrogen-bond donors (Lipinski definition) is 1. The number of hydrogen-bond acceptors (Lipinski definition) is 5. The fourth-order valence-corrected chi connectivity index (χ4v) is 3.34. The van der Waals surface area contributed by atoms with E-state index in [2.05, 4.69) is 20.3 Å². The Morgan fingerprint density at radius 3 is 2.67 bits per heavy atom. The number of benzene rings is 2. The number of aromatic nitrogens is 3. The summed E-state index contributed by atoms with van der Waals surface area (Å²) < 4.78 is 7.52. The molecule has 0 unspecified atom stereocenters. The van der Waals surface area contributed by atoms with Crippen molar-refractivity contribution in [2.24, 2.45) is 0 Å². The van der Waals surface area contributed by atoms with Crippen LogP contribution in [-0.4, -0.2) is 52.8 Å². The van der Waals surface area contributed by atoms with E-state index in [0.29, 0.717) is 24.4 Å². The minimum absolute atomic E-state index is 0.199. The van der Waals surface area contributed by atoms with Crippen LogP contribution in [-0.2, 0) is 6.54 Å². The molecule has 0 aliphatic carbocycles. The molecule has 1 N–H and O–H groups in total. The molecule has 1 amide bonds. The Morgan fingerprint density at radius 2 is 1.91 bits per heavy atom. The van der Waals surface area contributed by atoms with Gasteiger partial charge in [-0.25, -0.2) is 4.68 Å². The van der Waals surface area contributed by atoms with E-state index in [9.17, 15) is 4.79 Å². The van der Waals surface area contributed by atoms with E-state index in [4.69, 9.17) is 4.74 Å². The number of carbonyl (C=O) groups is 1. The standard InChI is InChI=1S/C26H27N5O2/c1-30(2)14-15-33-23-12-6-8-20(16-23)17-28-26(32)24-19-31(22-10-4-3-5-11-22)29-25(24)21-9-7-13-27-18-21/h3-13,16,18-19H,14-15,17H2,1-2H3,(H,28,32). The number of para-hydroxylation sites is 1. The van der Waals surface area contributed by atoms with Crippen molar-refractivity contribution in [3.05, 3.63) is 96.4 Å². The van der Waals surface area contributed by atoms with Crippen molar-refractivity contribution in [2.75, 3.05) is 27.2 Å². The monoisotopic (exact) mass is 441 g/mol. The normalized spacial score (nSPS) is 10.9. The van der Waals surface area contributed by atoms with Crippen LogP contribution in [0.4, 0.5) is 0 Å². The van der Waals surface area contributed by atoms with Crippen molar-refractivity contribution < 1.29 is 9.53 Å². The highest BCUT2D eigenvalue weighted by atomic mass is 16.5. The SMILES string of the molecule is CN(C)CCOc1cccc(CNC(=O)c2cn(-c3ccccc3)nc2-c2cccnc2)c1. The third-order valence-electron chi connectivity index (χ3n) is 5.07. The van der Waals surface area contributed by atoms with Crippen molar-refractivity contribution in [3.8, 4) is 22.7 Å². The van der Waals surface area contributed by atoms with Gasteiger partial charge in [0, 0.05) is 37.2 Å². The largest absolute Gasteiger partial charge is 0.492 e. The highest BCUT2D eigenvalue weighted by Gasteiger charge is 2.18. The number of rotatable bonds is 9. The van der Waals surface area contributed by atoms with Gasteiger partial charge in [0.2, 0.25) is 0 Å². The van der Waals surface area contributed by atoms with E-state index in [-0.39, 0.29) is 5.91 Å². The Kier molecular flexibility index (Phi) is 7.12. The summed E-state index contributed by atoms with van der Waals surface area (Å²) in [5, 5.41) is 7.70. The summed E-state index contributed by atoms with van der Waals surface area (Å²) in [7, 11) is 4.02. The molecule has 0 aliphatic rings. The molecular weight excluding hydrogens is 414 g/mol. The lowest BCUT2D eigenvalue weighted by atomic mass is 10.1. The van der Waals surface area contributed by atoms with Crippen LogP contribution in [0, 0.1) is 0 Å². The molecule has 2 aromatic carbocycles. The predicted molar refractivity (Wildman–Crippen MR) is 128 cm³/mol. The zero-order valence-electron chi connectivity index (χ0n) is 18.8. The second-order valence-corrected chi connectivity index (χ2v) is 7.90. The maximum atomic E-state index is 13.2. The summed E-state index contributed by atoms with van der Waals surface area (Å²) >= 11 is 0. The van der Waals surface area contributed by atoms with Gasteiger partial charge in [0.1, 0.15) is 18.1 Å². The number of likely N-dealkylation sites (N-methyl/N-ethyl adjacent to an activating group) is 1. The number of pyridine rings is 1. The Labute approximate surface area is 193 Å². The van der Waals surface area contributed by atoms with Crippen LogP contribution in [0.1, 0.15) is 15.9 Å². The van der Waals surface area contributed by atoms with Crippen LogP contribution in [0.3, 0.4) is 0 Å². The topological polar surface area (TPSA) is 72.3 Å². The first kappa shape index (κ1) is 22.2. The first-order valence-electron chi connectivity index (χ1n) is 10.8. The maximum absolute atomic E-state index is 13.2. The lowest BCUT2D eigenvalue weighted by Gasteiger charge is -2.12. The molecule has 7 nitrogen and oxygen atoms in total. The molecular formula is C26H27N5O2. The Bertz CT molecular complexity index is 1190. The molecule has 2 aromatic heterocycles. The van der Waals surface area contributed by atoms with Crippen LogP contribution in [0.5, 0.6) is 5.75 Å². The highest BCUT2D eigenvalue weighted by molar-refractivity contribution is 5.99. The van der Waals surface area contributed by atoms with Crippen molar-refractivity contribution in [2.45, 2.75) is 6.54 Å². The van der Waals surface area contributed by atoms with Gasteiger partial charge in [-0.3, -0.25) is 9.78 Å². The molecule has 4 rings (SSSR count). The second-order valence-electron chi connectivity index (χ2n) is 7.90. The van der Waals surface area contributed by atoms with Gasteiger partial charge in [0.25, 0.3) is 5.91 Å². The van der Waals surface area contributed by atoms with Crippen LogP contribution in [0.25, 0.3) is 16.9 Å². The predicted octanol–water partition coefficient (Wildman–Crippen LogP) is 3.80. The molecule has 0 fully saturated rings. The van der Waals surface area contributed by atoms with Gasteiger partial charge in [0.05, 0.1) is 11.3 Å². The minimum Gasteiger partial charge on any atom is -0.492 e. The molecule has 0 saturated heterocycles. The minimum atomic E-state index is -0.199. The van der Waals surface area contributed by atoms with E-state index in [0.717, 1.165) is 29.1 Å². The molecule has 0 radical (unpaired) electrons. The van der Waals surface area contributed by atoms with Crippen molar-refractivity contribution >= 4 is 5.91 Å². The number of nitrogens with zero attached hydrogens (tertiary/aromatic N) is 4. The zero-order valence-corrected chi connectivity index (χ0v) is 18.8. The Morgan fingerprint density at radius 1 is 1.06 bits per heavy atom.